The fraction of sp³-hybridized carbons (Fsp3) is 0.0185. The molecular weight excluding hydrogens is 719 g/mol. The van der Waals surface area contributed by atoms with Gasteiger partial charge in [-0.05, 0) is 98.5 Å². The second kappa shape index (κ2) is 12.6. The number of aryl methyl sites for hydroxylation is 1. The predicted octanol–water partition coefficient (Wildman–Crippen LogP) is 11.0. The van der Waals surface area contributed by atoms with Crippen molar-refractivity contribution in [1.29, 1.82) is 0 Å². The summed E-state index contributed by atoms with van der Waals surface area (Å²) in [5.74, 6) is 0.909. The molecule has 8 aromatic carbocycles. The zero-order chi connectivity index (χ0) is 38.4. The topological polar surface area (TPSA) is 21.1 Å². The molecule has 0 amide bonds. The van der Waals surface area contributed by atoms with Gasteiger partial charge in [-0.25, -0.2) is 4.98 Å². The Morgan fingerprint density at radius 2 is 1.05 bits per heavy atom. The van der Waals surface area contributed by atoms with Gasteiger partial charge in [-0.15, -0.1) is 0 Å². The van der Waals surface area contributed by atoms with E-state index in [0.717, 1.165) is 22.6 Å². The highest BCUT2D eigenvalue weighted by molar-refractivity contribution is 7.23. The van der Waals surface area contributed by atoms with Crippen molar-refractivity contribution >= 4 is 67.8 Å². The number of hydrogen-bond donors (Lipinski definition) is 0. The molecule has 2 aromatic heterocycles. The molecular formula is C54H37N3Si. The van der Waals surface area contributed by atoms with Crippen molar-refractivity contribution in [2.24, 2.45) is 0 Å². The molecule has 0 saturated heterocycles. The number of nitrogens with zero attached hydrogens (tertiary/aromatic N) is 3. The average molecular weight is 756 g/mol. The lowest BCUT2D eigenvalue weighted by Gasteiger charge is -2.43. The molecule has 58 heavy (non-hydrogen) atoms. The van der Waals surface area contributed by atoms with Crippen molar-refractivity contribution in [2.75, 3.05) is 4.90 Å². The minimum atomic E-state index is -2.89. The normalized spacial score (nSPS) is 13.4. The predicted molar refractivity (Wildman–Crippen MR) is 245 cm³/mol. The summed E-state index contributed by atoms with van der Waals surface area (Å²) in [6, 6.07) is 76.2. The number of para-hydroxylation sites is 3. The van der Waals surface area contributed by atoms with E-state index in [9.17, 15) is 0 Å². The lowest BCUT2D eigenvalue weighted by molar-refractivity contribution is 1.17. The van der Waals surface area contributed by atoms with E-state index in [1.807, 2.05) is 0 Å². The molecule has 0 bridgehead atoms. The van der Waals surface area contributed by atoms with Crippen LogP contribution in [-0.2, 0) is 0 Å². The first kappa shape index (κ1) is 32.9. The van der Waals surface area contributed by atoms with Crippen LogP contribution in [0.3, 0.4) is 0 Å². The zero-order valence-corrected chi connectivity index (χ0v) is 33.0. The Labute approximate surface area is 338 Å². The minimum absolute atomic E-state index is 0.909. The molecule has 2 aliphatic rings. The maximum atomic E-state index is 5.50. The third-order valence-electron chi connectivity index (χ3n) is 12.5. The smallest absolute Gasteiger partial charge is 0.185 e. The summed E-state index contributed by atoms with van der Waals surface area (Å²) in [5, 5.41) is 8.27. The maximum absolute atomic E-state index is 5.50. The van der Waals surface area contributed by atoms with E-state index in [4.69, 9.17) is 4.98 Å². The number of anilines is 3. The number of benzene rings is 8. The molecule has 0 saturated carbocycles. The summed E-state index contributed by atoms with van der Waals surface area (Å²) >= 11 is 0. The van der Waals surface area contributed by atoms with Gasteiger partial charge < -0.3 is 4.57 Å². The Hall–Kier alpha value is -7.27. The number of pyridine rings is 1. The quantitative estimate of drug-likeness (QED) is 0.167. The fourth-order valence-electron chi connectivity index (χ4n) is 10.1. The molecule has 0 N–H and O–H groups in total. The van der Waals surface area contributed by atoms with E-state index < -0.39 is 8.07 Å². The Bertz CT molecular complexity index is 3130. The van der Waals surface area contributed by atoms with E-state index in [1.165, 1.54) is 81.9 Å². The van der Waals surface area contributed by atoms with Crippen molar-refractivity contribution < 1.29 is 0 Å². The molecule has 0 atom stereocenters. The summed E-state index contributed by atoms with van der Waals surface area (Å²) in [5.41, 5.74) is 14.3. The van der Waals surface area contributed by atoms with E-state index in [-0.39, 0.29) is 0 Å². The fourth-order valence-corrected chi connectivity index (χ4v) is 15.6. The molecule has 4 heteroatoms. The van der Waals surface area contributed by atoms with Gasteiger partial charge in [-0.1, -0.05) is 163 Å². The highest BCUT2D eigenvalue weighted by Gasteiger charge is 2.54. The summed E-state index contributed by atoms with van der Waals surface area (Å²) in [6.45, 7) is 2.16. The minimum Gasteiger partial charge on any atom is -0.309 e. The summed E-state index contributed by atoms with van der Waals surface area (Å²) in [4.78, 5) is 7.94. The van der Waals surface area contributed by atoms with Gasteiger partial charge in [-0.3, -0.25) is 4.90 Å². The maximum Gasteiger partial charge on any atom is 0.185 e. The van der Waals surface area contributed by atoms with Crippen LogP contribution in [0.1, 0.15) is 5.56 Å². The van der Waals surface area contributed by atoms with Gasteiger partial charge in [0.05, 0.1) is 16.7 Å². The van der Waals surface area contributed by atoms with Crippen LogP contribution in [0.4, 0.5) is 17.2 Å². The van der Waals surface area contributed by atoms with Crippen LogP contribution in [0.25, 0.3) is 61.0 Å². The first-order valence-electron chi connectivity index (χ1n) is 20.1. The van der Waals surface area contributed by atoms with Crippen LogP contribution in [-0.4, -0.2) is 17.6 Å². The Kier molecular flexibility index (Phi) is 7.16. The van der Waals surface area contributed by atoms with Crippen LogP contribution in [0, 0.1) is 6.92 Å². The largest absolute Gasteiger partial charge is 0.309 e. The molecule has 3 nitrogen and oxygen atoms in total. The molecule has 0 aliphatic carbocycles. The summed E-state index contributed by atoms with van der Waals surface area (Å²) < 4.78 is 2.46. The van der Waals surface area contributed by atoms with Crippen molar-refractivity contribution in [3.05, 3.63) is 212 Å². The van der Waals surface area contributed by atoms with Crippen molar-refractivity contribution in [1.82, 2.24) is 9.55 Å². The van der Waals surface area contributed by atoms with Crippen LogP contribution in [0.15, 0.2) is 206 Å². The first-order valence-corrected chi connectivity index (χ1v) is 22.1. The zero-order valence-electron chi connectivity index (χ0n) is 32.0. The van der Waals surface area contributed by atoms with Crippen LogP contribution in [0.2, 0.25) is 0 Å². The molecule has 0 fully saturated rings. The van der Waals surface area contributed by atoms with Crippen LogP contribution >= 0.6 is 0 Å². The van der Waals surface area contributed by atoms with Gasteiger partial charge in [0.2, 0.25) is 0 Å². The van der Waals surface area contributed by atoms with E-state index in [1.54, 1.807) is 0 Å². The Morgan fingerprint density at radius 3 is 1.78 bits per heavy atom. The summed E-state index contributed by atoms with van der Waals surface area (Å²) in [6.07, 6.45) is 0. The highest BCUT2D eigenvalue weighted by atomic mass is 28.3. The number of aromatic nitrogens is 2. The molecule has 2 aliphatic heterocycles. The third-order valence-corrected chi connectivity index (χ3v) is 17.4. The van der Waals surface area contributed by atoms with Crippen molar-refractivity contribution in [2.45, 2.75) is 6.92 Å². The second-order valence-electron chi connectivity index (χ2n) is 15.6. The van der Waals surface area contributed by atoms with Crippen LogP contribution < -0.4 is 25.6 Å². The SMILES string of the molecule is Cc1ccc(-n2c3ccccc3c3c4c(ccc32)[Si]2(c3ccccc3-4)c3ccccc3N(c3cc(-c4ccccc4)cc(-c4ccccc4)n3)c3ccccc32)cc1. The molecule has 0 radical (unpaired) electrons. The lowest BCUT2D eigenvalue weighted by Crippen LogP contribution is -2.75. The van der Waals surface area contributed by atoms with E-state index >= 15 is 0 Å². The van der Waals surface area contributed by atoms with Gasteiger partial charge in [0.25, 0.3) is 0 Å². The highest BCUT2D eigenvalue weighted by Crippen LogP contribution is 2.45. The molecule has 4 heterocycles. The monoisotopic (exact) mass is 755 g/mol. The third kappa shape index (κ3) is 4.58. The van der Waals surface area contributed by atoms with Gasteiger partial charge in [-0.2, -0.15) is 0 Å². The standard InChI is InChI=1S/C54H37N3Si/c1-36-28-30-40(31-29-36)56-44-22-10-8-20-41(44)53-47(56)32-33-51-54(53)42-21-9-13-25-48(42)58(51)49-26-14-11-23-45(49)57(46-24-12-15-27-50(46)58)52-35-39(37-16-4-2-5-17-37)34-43(55-52)38-18-6-3-7-19-38/h2-35H,1H3. The Balaban J connectivity index is 1.17. The van der Waals surface area contributed by atoms with E-state index in [0.29, 0.717) is 0 Å². The van der Waals surface area contributed by atoms with Crippen molar-refractivity contribution in [3.8, 4) is 39.2 Å². The van der Waals surface area contributed by atoms with Gasteiger partial charge >= 0.3 is 0 Å². The number of hydrogen-bond acceptors (Lipinski definition) is 2. The molecule has 10 aromatic rings. The van der Waals surface area contributed by atoms with Gasteiger partial charge in [0, 0.05) is 33.4 Å². The Morgan fingerprint density at radius 1 is 0.448 bits per heavy atom. The molecule has 12 rings (SSSR count). The molecule has 272 valence electrons. The van der Waals surface area contributed by atoms with Gasteiger partial charge in [0.15, 0.2) is 8.07 Å². The number of rotatable bonds is 4. The van der Waals surface area contributed by atoms with Crippen LogP contribution in [0.5, 0.6) is 0 Å². The van der Waals surface area contributed by atoms with E-state index in [2.05, 4.69) is 223 Å². The summed E-state index contributed by atoms with van der Waals surface area (Å²) in [7, 11) is -2.89. The average Bonchev–Trinajstić information content (AvgIpc) is 3.78. The lowest BCUT2D eigenvalue weighted by atomic mass is 9.99. The van der Waals surface area contributed by atoms with Gasteiger partial charge in [0.1, 0.15) is 5.82 Å². The van der Waals surface area contributed by atoms with Crippen molar-refractivity contribution in [3.63, 3.8) is 0 Å². The second-order valence-corrected chi connectivity index (χ2v) is 19.2. The number of fused-ring (bicyclic) bond motifs is 13. The molecule has 1 spiro atoms. The molecule has 0 unspecified atom stereocenters. The first-order chi connectivity index (χ1) is 28.7.